The maximum atomic E-state index is 4.52. The second-order valence-corrected chi connectivity index (χ2v) is 5.62. The van der Waals surface area contributed by atoms with Crippen LogP contribution in [0.1, 0.15) is 18.9 Å². The zero-order valence-corrected chi connectivity index (χ0v) is 12.9. The average molecular weight is 303 g/mol. The van der Waals surface area contributed by atoms with Crippen LogP contribution in [-0.4, -0.2) is 25.4 Å². The zero-order chi connectivity index (χ0) is 15.6. The fraction of sp³-hybridized carbons (Fsp3) is 0.167. The highest BCUT2D eigenvalue weighted by Crippen LogP contribution is 2.29. The Morgan fingerprint density at radius 3 is 2.78 bits per heavy atom. The largest absolute Gasteiger partial charge is 0.277 e. The first-order chi connectivity index (χ1) is 11.3. The van der Waals surface area contributed by atoms with Gasteiger partial charge >= 0.3 is 0 Å². The number of hydrogen-bond donors (Lipinski definition) is 2. The second-order valence-electron chi connectivity index (χ2n) is 5.62. The Hall–Kier alpha value is -2.95. The van der Waals surface area contributed by atoms with Gasteiger partial charge in [0.1, 0.15) is 6.33 Å². The van der Waals surface area contributed by atoms with Gasteiger partial charge in [-0.15, -0.1) is 0 Å². The molecule has 0 saturated carbocycles. The molecule has 0 amide bonds. The van der Waals surface area contributed by atoms with Crippen molar-refractivity contribution >= 4 is 10.9 Å². The lowest BCUT2D eigenvalue weighted by Gasteiger charge is -2.03. The molecule has 2 N–H and O–H groups in total. The molecule has 0 aliphatic rings. The summed E-state index contributed by atoms with van der Waals surface area (Å²) in [6.45, 7) is 2.19. The lowest BCUT2D eigenvalue weighted by atomic mass is 10.0. The minimum absolute atomic E-state index is 0.763. The molecule has 4 aromatic rings. The Bertz CT molecular complexity index is 937. The minimum Gasteiger partial charge on any atom is -0.277 e. The van der Waals surface area contributed by atoms with Crippen molar-refractivity contribution in [1.29, 1.82) is 0 Å². The molecule has 5 nitrogen and oxygen atoms in total. The summed E-state index contributed by atoms with van der Waals surface area (Å²) in [7, 11) is 0. The van der Waals surface area contributed by atoms with E-state index in [9.17, 15) is 0 Å². The summed E-state index contributed by atoms with van der Waals surface area (Å²) in [5.74, 6) is 0.763. The Balaban J connectivity index is 1.84. The molecule has 0 radical (unpaired) electrons. The smallest absolute Gasteiger partial charge is 0.155 e. The van der Waals surface area contributed by atoms with Gasteiger partial charge in [0.15, 0.2) is 5.82 Å². The minimum atomic E-state index is 0.763. The van der Waals surface area contributed by atoms with Crippen molar-refractivity contribution in [3.63, 3.8) is 0 Å². The van der Waals surface area contributed by atoms with Crippen LogP contribution in [0, 0.1) is 0 Å². The Kier molecular flexibility index (Phi) is 3.38. The van der Waals surface area contributed by atoms with Crippen LogP contribution in [0.15, 0.2) is 48.8 Å². The van der Waals surface area contributed by atoms with Gasteiger partial charge in [-0.2, -0.15) is 10.2 Å². The summed E-state index contributed by atoms with van der Waals surface area (Å²) in [5.41, 5.74) is 5.47. The highest BCUT2D eigenvalue weighted by atomic mass is 15.2. The van der Waals surface area contributed by atoms with Gasteiger partial charge in [0.2, 0.25) is 0 Å². The summed E-state index contributed by atoms with van der Waals surface area (Å²) < 4.78 is 0. The predicted molar refractivity (Wildman–Crippen MR) is 90.9 cm³/mol. The summed E-state index contributed by atoms with van der Waals surface area (Å²) in [4.78, 5) is 4.22. The molecule has 0 unspecified atom stereocenters. The van der Waals surface area contributed by atoms with E-state index in [0.717, 1.165) is 46.4 Å². The summed E-state index contributed by atoms with van der Waals surface area (Å²) >= 11 is 0. The number of aromatic nitrogens is 5. The molecule has 0 atom stereocenters. The standard InChI is InChI=1S/C18H17N5/c1-2-4-12-5-3-6-13(9-12)17-15-10-14(18-19-11-20-23-18)7-8-16(15)21-22-17/h3,5-11H,2,4H2,1H3,(H,21,22)(H,19,20,23). The maximum Gasteiger partial charge on any atom is 0.155 e. The van der Waals surface area contributed by atoms with E-state index in [-0.39, 0.29) is 0 Å². The Morgan fingerprint density at radius 1 is 1.00 bits per heavy atom. The summed E-state index contributed by atoms with van der Waals surface area (Å²) in [6.07, 6.45) is 3.74. The van der Waals surface area contributed by atoms with Gasteiger partial charge in [0.05, 0.1) is 11.2 Å². The second kappa shape index (κ2) is 5.68. The normalized spacial score (nSPS) is 11.2. The van der Waals surface area contributed by atoms with Crippen molar-refractivity contribution in [2.24, 2.45) is 0 Å². The first kappa shape index (κ1) is 13.7. The third-order valence-electron chi connectivity index (χ3n) is 3.99. The molecule has 2 aromatic carbocycles. The van der Waals surface area contributed by atoms with Crippen molar-refractivity contribution < 1.29 is 0 Å². The molecule has 4 rings (SSSR count). The molecule has 0 saturated heterocycles. The lowest BCUT2D eigenvalue weighted by Crippen LogP contribution is -1.86. The first-order valence-corrected chi connectivity index (χ1v) is 7.78. The molecule has 2 heterocycles. The van der Waals surface area contributed by atoms with Crippen molar-refractivity contribution in [3.8, 4) is 22.6 Å². The van der Waals surface area contributed by atoms with Gasteiger partial charge in [-0.3, -0.25) is 10.2 Å². The molecular weight excluding hydrogens is 286 g/mol. The van der Waals surface area contributed by atoms with Crippen LogP contribution in [0.2, 0.25) is 0 Å². The molecule has 5 heteroatoms. The number of rotatable bonds is 4. The number of H-pyrrole nitrogens is 2. The molecule has 0 aliphatic carbocycles. The molecular formula is C18H17N5. The number of hydrogen-bond acceptors (Lipinski definition) is 3. The Labute approximate surface area is 133 Å². The third-order valence-corrected chi connectivity index (χ3v) is 3.99. The lowest BCUT2D eigenvalue weighted by molar-refractivity contribution is 0.922. The van der Waals surface area contributed by atoms with E-state index in [0.29, 0.717) is 0 Å². The number of nitrogens with one attached hydrogen (secondary N) is 2. The van der Waals surface area contributed by atoms with E-state index in [4.69, 9.17) is 0 Å². The van der Waals surface area contributed by atoms with Gasteiger partial charge in [-0.25, -0.2) is 4.98 Å². The fourth-order valence-corrected chi connectivity index (χ4v) is 2.89. The first-order valence-electron chi connectivity index (χ1n) is 7.78. The van der Waals surface area contributed by atoms with Gasteiger partial charge in [0.25, 0.3) is 0 Å². The van der Waals surface area contributed by atoms with Gasteiger partial charge in [-0.1, -0.05) is 31.5 Å². The molecule has 114 valence electrons. The van der Waals surface area contributed by atoms with E-state index in [1.807, 2.05) is 12.1 Å². The van der Waals surface area contributed by atoms with Crippen molar-refractivity contribution in [2.75, 3.05) is 0 Å². The molecule has 2 aromatic heterocycles. The molecule has 0 aliphatic heterocycles. The van der Waals surface area contributed by atoms with Crippen LogP contribution in [-0.2, 0) is 6.42 Å². The van der Waals surface area contributed by atoms with Crippen LogP contribution >= 0.6 is 0 Å². The number of nitrogens with zero attached hydrogens (tertiary/aromatic N) is 3. The van der Waals surface area contributed by atoms with Crippen LogP contribution in [0.5, 0.6) is 0 Å². The van der Waals surface area contributed by atoms with E-state index in [1.165, 1.54) is 11.9 Å². The molecule has 0 spiro atoms. The maximum absolute atomic E-state index is 4.52. The van der Waals surface area contributed by atoms with Crippen molar-refractivity contribution in [2.45, 2.75) is 19.8 Å². The van der Waals surface area contributed by atoms with Crippen molar-refractivity contribution in [3.05, 3.63) is 54.4 Å². The van der Waals surface area contributed by atoms with E-state index in [2.05, 4.69) is 62.6 Å². The number of benzene rings is 2. The Morgan fingerprint density at radius 2 is 1.96 bits per heavy atom. The van der Waals surface area contributed by atoms with E-state index in [1.54, 1.807) is 0 Å². The van der Waals surface area contributed by atoms with E-state index < -0.39 is 0 Å². The quantitative estimate of drug-likeness (QED) is 0.599. The highest BCUT2D eigenvalue weighted by molar-refractivity contribution is 5.95. The number of aryl methyl sites for hydroxylation is 1. The monoisotopic (exact) mass is 303 g/mol. The van der Waals surface area contributed by atoms with E-state index >= 15 is 0 Å². The summed E-state index contributed by atoms with van der Waals surface area (Å²) in [5, 5.41) is 15.5. The highest BCUT2D eigenvalue weighted by Gasteiger charge is 2.11. The average Bonchev–Trinajstić information content (AvgIpc) is 3.24. The third kappa shape index (κ3) is 2.50. The van der Waals surface area contributed by atoms with Crippen LogP contribution in [0.3, 0.4) is 0 Å². The van der Waals surface area contributed by atoms with Gasteiger partial charge in [-0.05, 0) is 36.2 Å². The van der Waals surface area contributed by atoms with Crippen LogP contribution < -0.4 is 0 Å². The SMILES string of the molecule is CCCc1cccc(-c2n[nH]c3ccc(-c4ncn[nH]4)cc23)c1. The fourth-order valence-electron chi connectivity index (χ4n) is 2.89. The summed E-state index contributed by atoms with van der Waals surface area (Å²) in [6, 6.07) is 14.7. The van der Waals surface area contributed by atoms with Gasteiger partial charge in [0, 0.05) is 16.5 Å². The molecule has 0 bridgehead atoms. The zero-order valence-electron chi connectivity index (χ0n) is 12.9. The van der Waals surface area contributed by atoms with Crippen LogP contribution in [0.25, 0.3) is 33.5 Å². The predicted octanol–water partition coefficient (Wildman–Crippen LogP) is 3.97. The van der Waals surface area contributed by atoms with Crippen molar-refractivity contribution in [1.82, 2.24) is 25.4 Å². The number of fused-ring (bicyclic) bond motifs is 1. The number of aromatic amines is 2. The van der Waals surface area contributed by atoms with Crippen LogP contribution in [0.4, 0.5) is 0 Å². The molecule has 23 heavy (non-hydrogen) atoms. The van der Waals surface area contributed by atoms with Gasteiger partial charge < -0.3 is 0 Å². The molecule has 0 fully saturated rings. The topological polar surface area (TPSA) is 70.2 Å².